The second-order valence-corrected chi connectivity index (χ2v) is 6.39. The molecule has 0 saturated heterocycles. The summed E-state index contributed by atoms with van der Waals surface area (Å²) >= 11 is 0. The molecule has 0 aliphatic carbocycles. The molecule has 0 aliphatic heterocycles. The van der Waals surface area contributed by atoms with Gasteiger partial charge < -0.3 is 10.5 Å². The molecule has 0 atom stereocenters. The van der Waals surface area contributed by atoms with Gasteiger partial charge >= 0.3 is 0 Å². The van der Waals surface area contributed by atoms with Crippen molar-refractivity contribution in [3.05, 3.63) is 53.8 Å². The van der Waals surface area contributed by atoms with Crippen LogP contribution in [0.25, 0.3) is 0 Å². The van der Waals surface area contributed by atoms with Gasteiger partial charge in [0, 0.05) is 6.26 Å². The Kier molecular flexibility index (Phi) is 3.95. The van der Waals surface area contributed by atoms with Crippen molar-refractivity contribution >= 4 is 15.7 Å². The van der Waals surface area contributed by atoms with Gasteiger partial charge in [-0.1, -0.05) is 12.1 Å². The fourth-order valence-corrected chi connectivity index (χ4v) is 2.40. The van der Waals surface area contributed by atoms with Gasteiger partial charge in [-0.05, 0) is 30.3 Å². The van der Waals surface area contributed by atoms with E-state index >= 15 is 0 Å². The Labute approximate surface area is 121 Å². The average molecular weight is 308 g/mol. The third-order valence-corrected chi connectivity index (χ3v) is 3.82. The second-order valence-electron chi connectivity index (χ2n) is 4.38. The molecule has 21 heavy (non-hydrogen) atoms. The molecule has 0 fully saturated rings. The molecule has 0 bridgehead atoms. The number of nitrogen functional groups attached to an aromatic ring is 1. The maximum Gasteiger partial charge on any atom is 0.175 e. The Morgan fingerprint density at radius 3 is 2.52 bits per heavy atom. The third-order valence-electron chi connectivity index (χ3n) is 2.71. The van der Waals surface area contributed by atoms with Crippen LogP contribution in [0.15, 0.2) is 47.4 Å². The summed E-state index contributed by atoms with van der Waals surface area (Å²) < 4.78 is 42.1. The Balaban J connectivity index is 2.44. The number of halogens is 1. The zero-order valence-corrected chi connectivity index (χ0v) is 11.9. The lowest BCUT2D eigenvalue weighted by atomic mass is 10.1. The zero-order valence-electron chi connectivity index (χ0n) is 11.1. The summed E-state index contributed by atoms with van der Waals surface area (Å²) in [6, 6.07) is 9.83. The molecule has 0 unspecified atom stereocenters. The number of nitrogens with one attached hydrogen (secondary N) is 1. The monoisotopic (exact) mass is 308 g/mol. The number of nitrogens with two attached hydrogens (primary N) is 1. The van der Waals surface area contributed by atoms with Gasteiger partial charge in [-0.15, -0.1) is 0 Å². The van der Waals surface area contributed by atoms with Crippen molar-refractivity contribution in [2.24, 2.45) is 5.73 Å². The summed E-state index contributed by atoms with van der Waals surface area (Å²) in [4.78, 5) is 0.0841. The largest absolute Gasteiger partial charge is 0.456 e. The number of amidine groups is 1. The van der Waals surface area contributed by atoms with Crippen LogP contribution in [0.4, 0.5) is 4.39 Å². The van der Waals surface area contributed by atoms with Gasteiger partial charge in [0.1, 0.15) is 23.2 Å². The molecule has 0 heterocycles. The van der Waals surface area contributed by atoms with Crippen LogP contribution in [0.5, 0.6) is 11.5 Å². The molecule has 2 aromatic rings. The number of hydrogen-bond acceptors (Lipinski definition) is 4. The van der Waals surface area contributed by atoms with Gasteiger partial charge in [-0.25, -0.2) is 12.8 Å². The quantitative estimate of drug-likeness (QED) is 0.669. The molecule has 5 nitrogen and oxygen atoms in total. The van der Waals surface area contributed by atoms with Crippen LogP contribution in [0.1, 0.15) is 5.56 Å². The van der Waals surface area contributed by atoms with E-state index in [4.69, 9.17) is 15.9 Å². The van der Waals surface area contributed by atoms with Gasteiger partial charge in [0.2, 0.25) is 0 Å². The molecule has 3 N–H and O–H groups in total. The van der Waals surface area contributed by atoms with E-state index in [1.165, 1.54) is 36.4 Å². The molecule has 2 aromatic carbocycles. The number of sulfone groups is 1. The van der Waals surface area contributed by atoms with Crippen LogP contribution in [0.2, 0.25) is 0 Å². The maximum absolute atomic E-state index is 13.7. The van der Waals surface area contributed by atoms with Gasteiger partial charge in [-0.3, -0.25) is 5.41 Å². The molecule has 2 rings (SSSR count). The highest BCUT2D eigenvalue weighted by molar-refractivity contribution is 7.90. The van der Waals surface area contributed by atoms with Gasteiger partial charge in [-0.2, -0.15) is 0 Å². The highest BCUT2D eigenvalue weighted by Crippen LogP contribution is 2.28. The molecular formula is C14H13FN2O3S. The molecule has 0 spiro atoms. The second kappa shape index (κ2) is 5.53. The minimum atomic E-state index is -3.37. The van der Waals surface area contributed by atoms with Crippen LogP contribution in [0.3, 0.4) is 0 Å². The zero-order chi connectivity index (χ0) is 15.6. The first kappa shape index (κ1) is 15.0. The van der Waals surface area contributed by atoms with E-state index in [9.17, 15) is 12.8 Å². The average Bonchev–Trinajstić information content (AvgIpc) is 2.37. The highest BCUT2D eigenvalue weighted by atomic mass is 32.2. The number of benzene rings is 2. The number of rotatable bonds is 4. The number of hydrogen-bond donors (Lipinski definition) is 2. The standard InChI is InChI=1S/C14H13FN2O3S/c1-21(18,19)10-5-2-4-9(8-10)20-12-7-3-6-11(15)13(12)14(16)17/h2-8H,1H3,(H3,16,17). The Bertz CT molecular complexity index is 804. The minimum absolute atomic E-state index is 0.0492. The molecule has 0 amide bonds. The Morgan fingerprint density at radius 2 is 1.90 bits per heavy atom. The first-order chi connectivity index (χ1) is 9.79. The summed E-state index contributed by atoms with van der Waals surface area (Å²) in [7, 11) is -3.37. The molecular weight excluding hydrogens is 295 g/mol. The van der Waals surface area contributed by atoms with E-state index in [2.05, 4.69) is 0 Å². The molecule has 7 heteroatoms. The van der Waals surface area contributed by atoms with E-state index in [0.717, 1.165) is 12.3 Å². The predicted octanol–water partition coefficient (Wildman–Crippen LogP) is 2.31. The lowest BCUT2D eigenvalue weighted by Gasteiger charge is -2.11. The maximum atomic E-state index is 13.7. The van der Waals surface area contributed by atoms with Crippen molar-refractivity contribution in [3.63, 3.8) is 0 Å². The van der Waals surface area contributed by atoms with E-state index in [1.54, 1.807) is 0 Å². The smallest absolute Gasteiger partial charge is 0.175 e. The fraction of sp³-hybridized carbons (Fsp3) is 0.0714. The lowest BCUT2D eigenvalue weighted by Crippen LogP contribution is -2.14. The fourth-order valence-electron chi connectivity index (χ4n) is 1.75. The first-order valence-corrected chi connectivity index (χ1v) is 7.79. The molecule has 110 valence electrons. The van der Waals surface area contributed by atoms with Gasteiger partial charge in [0.25, 0.3) is 0 Å². The van der Waals surface area contributed by atoms with E-state index < -0.39 is 21.5 Å². The Morgan fingerprint density at radius 1 is 1.24 bits per heavy atom. The van der Waals surface area contributed by atoms with Crippen LogP contribution in [-0.4, -0.2) is 20.5 Å². The highest BCUT2D eigenvalue weighted by Gasteiger charge is 2.14. The summed E-state index contributed by atoms with van der Waals surface area (Å²) in [6.07, 6.45) is 1.08. The lowest BCUT2D eigenvalue weighted by molar-refractivity contribution is 0.473. The number of ether oxygens (including phenoxy) is 1. The van der Waals surface area contributed by atoms with Crippen molar-refractivity contribution in [2.75, 3.05) is 6.26 Å². The summed E-state index contributed by atoms with van der Waals surface area (Å²) in [5.41, 5.74) is 5.17. The summed E-state index contributed by atoms with van der Waals surface area (Å²) in [6.45, 7) is 0. The van der Waals surface area contributed by atoms with Gasteiger partial charge in [0.05, 0.1) is 10.5 Å². The van der Waals surface area contributed by atoms with E-state index in [1.807, 2.05) is 0 Å². The van der Waals surface area contributed by atoms with Crippen LogP contribution >= 0.6 is 0 Å². The molecule has 0 aromatic heterocycles. The minimum Gasteiger partial charge on any atom is -0.456 e. The summed E-state index contributed by atoms with van der Waals surface area (Å²) in [5, 5.41) is 7.39. The third kappa shape index (κ3) is 3.38. The predicted molar refractivity (Wildman–Crippen MR) is 77.0 cm³/mol. The van der Waals surface area contributed by atoms with E-state index in [0.29, 0.717) is 0 Å². The normalized spacial score (nSPS) is 11.1. The van der Waals surface area contributed by atoms with Crippen LogP contribution in [0, 0.1) is 11.2 Å². The molecule has 0 radical (unpaired) electrons. The SMILES string of the molecule is CS(=O)(=O)c1cccc(Oc2cccc(F)c2C(=N)N)c1. The van der Waals surface area contributed by atoms with Crippen molar-refractivity contribution in [1.29, 1.82) is 5.41 Å². The van der Waals surface area contributed by atoms with Gasteiger partial charge in [0.15, 0.2) is 9.84 Å². The van der Waals surface area contributed by atoms with Crippen molar-refractivity contribution in [1.82, 2.24) is 0 Å². The van der Waals surface area contributed by atoms with Crippen LogP contribution in [-0.2, 0) is 9.84 Å². The molecule has 0 aliphatic rings. The van der Waals surface area contributed by atoms with Crippen molar-refractivity contribution < 1.29 is 17.5 Å². The van der Waals surface area contributed by atoms with E-state index in [-0.39, 0.29) is 22.0 Å². The summed E-state index contributed by atoms with van der Waals surface area (Å²) in [5.74, 6) is -0.888. The Hall–Kier alpha value is -2.41. The van der Waals surface area contributed by atoms with Crippen LogP contribution < -0.4 is 10.5 Å². The van der Waals surface area contributed by atoms with Crippen molar-refractivity contribution in [3.8, 4) is 11.5 Å². The molecule has 0 saturated carbocycles. The topological polar surface area (TPSA) is 93.2 Å². The van der Waals surface area contributed by atoms with Crippen molar-refractivity contribution in [2.45, 2.75) is 4.90 Å². The first-order valence-electron chi connectivity index (χ1n) is 5.90.